The van der Waals surface area contributed by atoms with Gasteiger partial charge in [-0.3, -0.25) is 4.55 Å². The largest absolute Gasteiger partial charge is 0.495 e. The van der Waals surface area contributed by atoms with Crippen molar-refractivity contribution in [1.29, 1.82) is 0 Å². The van der Waals surface area contributed by atoms with Gasteiger partial charge >= 0.3 is 0 Å². The topological polar surface area (TPSA) is 102 Å². The molecular formula is C12H7Cl6N3O4S. The first-order valence-electron chi connectivity index (χ1n) is 6.30. The number of ether oxygens (including phenoxy) is 1. The molecule has 0 radical (unpaired) electrons. The smallest absolute Gasteiger partial charge is 0.298 e. The van der Waals surface area contributed by atoms with Gasteiger partial charge in [0, 0.05) is 5.56 Å². The Hall–Kier alpha value is -0.320. The summed E-state index contributed by atoms with van der Waals surface area (Å²) >= 11 is 34.7. The normalized spacial score (nSPS) is 12.9. The van der Waals surface area contributed by atoms with E-state index in [-0.39, 0.29) is 28.8 Å². The predicted octanol–water partition coefficient (Wildman–Crippen LogP) is 4.45. The van der Waals surface area contributed by atoms with Crippen molar-refractivity contribution in [3.63, 3.8) is 0 Å². The number of nitrogens with zero attached hydrogens (tertiary/aromatic N) is 3. The van der Waals surface area contributed by atoms with Crippen molar-refractivity contribution < 1.29 is 17.7 Å². The van der Waals surface area contributed by atoms with E-state index in [1.807, 2.05) is 0 Å². The summed E-state index contributed by atoms with van der Waals surface area (Å²) in [4.78, 5) is 11.2. The van der Waals surface area contributed by atoms with Crippen LogP contribution in [0.15, 0.2) is 23.1 Å². The summed E-state index contributed by atoms with van der Waals surface area (Å²) in [6.07, 6.45) is 0. The van der Waals surface area contributed by atoms with Crippen LogP contribution in [0.5, 0.6) is 5.75 Å². The summed E-state index contributed by atoms with van der Waals surface area (Å²) in [6.45, 7) is 0. The standard InChI is InChI=1S/C12H7Cl6N3O4S/c1-25-6-3-2-5(4-7(6)26(22,23)24)8-19-9(11(13,14)15)21-10(20-8)12(16,17)18/h2-4H,1H3,(H,22,23,24). The first kappa shape index (κ1) is 22.0. The van der Waals surface area contributed by atoms with Crippen LogP contribution in [0.1, 0.15) is 11.6 Å². The van der Waals surface area contributed by atoms with Crippen molar-refractivity contribution in [2.75, 3.05) is 7.11 Å². The zero-order valence-corrected chi connectivity index (χ0v) is 17.8. The Bertz CT molecular complexity index is 911. The molecule has 0 unspecified atom stereocenters. The van der Waals surface area contributed by atoms with Gasteiger partial charge in [-0.1, -0.05) is 69.6 Å². The maximum atomic E-state index is 11.5. The van der Waals surface area contributed by atoms with Crippen LogP contribution in [-0.2, 0) is 17.7 Å². The van der Waals surface area contributed by atoms with Gasteiger partial charge in [0.1, 0.15) is 10.6 Å². The molecule has 0 saturated carbocycles. The Morgan fingerprint density at radius 1 is 0.962 bits per heavy atom. The highest BCUT2D eigenvalue weighted by molar-refractivity contribution is 7.86. The third-order valence-electron chi connectivity index (χ3n) is 2.84. The number of alkyl halides is 6. The molecule has 0 aliphatic heterocycles. The van der Waals surface area contributed by atoms with Gasteiger partial charge in [0.05, 0.1) is 7.11 Å². The van der Waals surface area contributed by atoms with Crippen molar-refractivity contribution in [2.24, 2.45) is 0 Å². The Morgan fingerprint density at radius 3 is 1.85 bits per heavy atom. The van der Waals surface area contributed by atoms with Gasteiger partial charge in [0.2, 0.25) is 7.59 Å². The van der Waals surface area contributed by atoms with E-state index < -0.39 is 22.6 Å². The first-order chi connectivity index (χ1) is 11.7. The molecule has 1 heterocycles. The maximum Gasteiger partial charge on any atom is 0.298 e. The minimum Gasteiger partial charge on any atom is -0.495 e. The van der Waals surface area contributed by atoms with Crippen LogP contribution in [0.25, 0.3) is 11.4 Å². The number of hydrogen-bond acceptors (Lipinski definition) is 6. The molecule has 26 heavy (non-hydrogen) atoms. The summed E-state index contributed by atoms with van der Waals surface area (Å²) in [7, 11) is -3.38. The van der Waals surface area contributed by atoms with Crippen LogP contribution in [0.3, 0.4) is 0 Å². The predicted molar refractivity (Wildman–Crippen MR) is 100 cm³/mol. The summed E-state index contributed by atoms with van der Waals surface area (Å²) in [5.74, 6) is -0.959. The van der Waals surface area contributed by atoms with Crippen molar-refractivity contribution in [3.8, 4) is 17.1 Å². The lowest BCUT2D eigenvalue weighted by Gasteiger charge is -2.16. The average Bonchev–Trinajstić information content (AvgIpc) is 2.51. The fraction of sp³-hybridized carbons (Fsp3) is 0.250. The highest BCUT2D eigenvalue weighted by atomic mass is 35.6. The molecule has 0 amide bonds. The van der Waals surface area contributed by atoms with Crippen LogP contribution in [0.2, 0.25) is 0 Å². The minimum absolute atomic E-state index is 0.103. The van der Waals surface area contributed by atoms with Crippen molar-refractivity contribution in [2.45, 2.75) is 12.5 Å². The summed E-state index contributed by atoms with van der Waals surface area (Å²) < 4.78 is 33.2. The summed E-state index contributed by atoms with van der Waals surface area (Å²) in [6, 6.07) is 3.72. The molecule has 0 spiro atoms. The molecule has 0 aliphatic rings. The summed E-state index contributed by atoms with van der Waals surface area (Å²) in [5, 5.41) is 0. The second kappa shape index (κ2) is 7.60. The number of aromatic nitrogens is 3. The Balaban J connectivity index is 2.76. The van der Waals surface area contributed by atoms with E-state index in [2.05, 4.69) is 15.0 Å². The molecule has 0 aliphatic carbocycles. The molecule has 0 bridgehead atoms. The van der Waals surface area contributed by atoms with Gasteiger partial charge in [-0.15, -0.1) is 0 Å². The number of benzene rings is 1. The van der Waals surface area contributed by atoms with E-state index in [9.17, 15) is 13.0 Å². The van der Waals surface area contributed by atoms with E-state index in [4.69, 9.17) is 74.3 Å². The lowest BCUT2D eigenvalue weighted by atomic mass is 10.2. The molecule has 14 heteroatoms. The van der Waals surface area contributed by atoms with E-state index in [0.717, 1.165) is 6.07 Å². The van der Waals surface area contributed by atoms with Gasteiger partial charge in [-0.05, 0) is 18.2 Å². The highest BCUT2D eigenvalue weighted by Gasteiger charge is 2.34. The van der Waals surface area contributed by atoms with Crippen LogP contribution < -0.4 is 4.74 Å². The molecule has 2 rings (SSSR count). The lowest BCUT2D eigenvalue weighted by Crippen LogP contribution is -2.17. The van der Waals surface area contributed by atoms with E-state index >= 15 is 0 Å². The van der Waals surface area contributed by atoms with Crippen LogP contribution in [0.4, 0.5) is 0 Å². The molecule has 2 aromatic rings. The zero-order chi connectivity index (χ0) is 19.9. The van der Waals surface area contributed by atoms with Gasteiger partial charge < -0.3 is 4.74 Å². The van der Waals surface area contributed by atoms with E-state index in [1.54, 1.807) is 0 Å². The third kappa shape index (κ3) is 5.14. The van der Waals surface area contributed by atoms with E-state index in [0.29, 0.717) is 0 Å². The number of hydrogen-bond donors (Lipinski definition) is 1. The van der Waals surface area contributed by atoms with Crippen molar-refractivity contribution in [1.82, 2.24) is 15.0 Å². The fourth-order valence-corrected chi connectivity index (χ4v) is 2.96. The van der Waals surface area contributed by atoms with Gasteiger partial charge in [0.15, 0.2) is 17.5 Å². The first-order valence-corrected chi connectivity index (χ1v) is 10.0. The SMILES string of the molecule is COc1ccc(-c2nc(C(Cl)(Cl)Cl)nc(C(Cl)(Cl)Cl)n2)cc1S(=O)(=O)O. The van der Waals surface area contributed by atoms with Crippen molar-refractivity contribution >= 4 is 79.7 Å². The Morgan fingerprint density at radius 2 is 1.46 bits per heavy atom. The number of halogens is 6. The Labute approximate surface area is 178 Å². The monoisotopic (exact) mass is 499 g/mol. The second-order valence-corrected chi connectivity index (χ2v) is 10.6. The zero-order valence-electron chi connectivity index (χ0n) is 12.4. The maximum absolute atomic E-state index is 11.5. The second-order valence-electron chi connectivity index (χ2n) is 4.64. The molecule has 1 aromatic heterocycles. The summed E-state index contributed by atoms with van der Waals surface area (Å²) in [5.41, 5.74) is 0.104. The molecule has 0 fully saturated rings. The highest BCUT2D eigenvalue weighted by Crippen LogP contribution is 2.41. The molecule has 1 aromatic carbocycles. The minimum atomic E-state index is -4.61. The molecular weight excluding hydrogens is 495 g/mol. The van der Waals surface area contributed by atoms with Gasteiger partial charge in [-0.2, -0.15) is 8.42 Å². The van der Waals surface area contributed by atoms with Crippen LogP contribution in [0, 0.1) is 0 Å². The van der Waals surface area contributed by atoms with Crippen LogP contribution in [-0.4, -0.2) is 35.0 Å². The lowest BCUT2D eigenvalue weighted by molar-refractivity contribution is 0.397. The number of rotatable bonds is 3. The quantitative estimate of drug-likeness (QED) is 0.489. The van der Waals surface area contributed by atoms with Crippen LogP contribution >= 0.6 is 69.6 Å². The fourth-order valence-electron chi connectivity index (χ4n) is 1.78. The van der Waals surface area contributed by atoms with E-state index in [1.165, 1.54) is 19.2 Å². The molecule has 7 nitrogen and oxygen atoms in total. The average molecular weight is 502 g/mol. The van der Waals surface area contributed by atoms with Gasteiger partial charge in [0.25, 0.3) is 10.1 Å². The molecule has 0 saturated heterocycles. The molecule has 142 valence electrons. The molecule has 0 atom stereocenters. The third-order valence-corrected chi connectivity index (χ3v) is 4.73. The van der Waals surface area contributed by atoms with Gasteiger partial charge in [-0.25, -0.2) is 15.0 Å². The Kier molecular flexibility index (Phi) is 6.42. The molecule has 1 N–H and O–H groups in total. The number of methoxy groups -OCH3 is 1. The van der Waals surface area contributed by atoms with Crippen molar-refractivity contribution in [3.05, 3.63) is 29.8 Å².